The summed E-state index contributed by atoms with van der Waals surface area (Å²) in [6.07, 6.45) is 5.17. The van der Waals surface area contributed by atoms with Gasteiger partial charge in [0.15, 0.2) is 0 Å². The number of nitrogens with zero attached hydrogens (tertiary/aromatic N) is 2. The highest BCUT2D eigenvalue weighted by Gasteiger charge is 2.36. The molecule has 2 saturated heterocycles. The molecule has 0 spiro atoms. The molecule has 1 saturated carbocycles. The molecular weight excluding hydrogens is 292 g/mol. The van der Waals surface area contributed by atoms with Crippen LogP contribution in [0.5, 0.6) is 0 Å². The maximum Gasteiger partial charge on any atom is 0.248 e. The molecule has 1 amide bonds. The van der Waals surface area contributed by atoms with Gasteiger partial charge in [-0.25, -0.2) is 0 Å². The predicted molar refractivity (Wildman–Crippen MR) is 89.3 cm³/mol. The van der Waals surface area contributed by atoms with E-state index >= 15 is 0 Å². The SMILES string of the molecule is C[C@@H]1CCCC[C@@H]1OCC(=O)N1C[C@@H](C)[C@@H](N2CCOCC2)C1. The maximum atomic E-state index is 12.5. The van der Waals surface area contributed by atoms with Crippen LogP contribution >= 0.6 is 0 Å². The minimum Gasteiger partial charge on any atom is -0.379 e. The largest absolute Gasteiger partial charge is 0.379 e. The van der Waals surface area contributed by atoms with E-state index in [1.54, 1.807) is 0 Å². The van der Waals surface area contributed by atoms with Crippen molar-refractivity contribution in [3.05, 3.63) is 0 Å². The molecule has 3 aliphatic rings. The van der Waals surface area contributed by atoms with Gasteiger partial charge in [0.1, 0.15) is 6.61 Å². The quantitative estimate of drug-likeness (QED) is 0.790. The van der Waals surface area contributed by atoms with Crippen LogP contribution in [0.2, 0.25) is 0 Å². The number of carbonyl (C=O) groups is 1. The van der Waals surface area contributed by atoms with Gasteiger partial charge in [-0.15, -0.1) is 0 Å². The molecule has 5 nitrogen and oxygen atoms in total. The van der Waals surface area contributed by atoms with Crippen molar-refractivity contribution in [3.63, 3.8) is 0 Å². The number of likely N-dealkylation sites (tertiary alicyclic amines) is 1. The molecule has 0 radical (unpaired) electrons. The van der Waals surface area contributed by atoms with Gasteiger partial charge in [0, 0.05) is 32.2 Å². The number of ether oxygens (including phenoxy) is 2. The van der Waals surface area contributed by atoms with Gasteiger partial charge in [0.2, 0.25) is 5.91 Å². The molecule has 0 aromatic heterocycles. The normalized spacial score (nSPS) is 36.3. The van der Waals surface area contributed by atoms with Crippen molar-refractivity contribution in [1.82, 2.24) is 9.80 Å². The lowest BCUT2D eigenvalue weighted by Crippen LogP contribution is -2.47. The first-order valence-electron chi connectivity index (χ1n) is 9.36. The molecule has 4 atom stereocenters. The Morgan fingerprint density at radius 3 is 2.57 bits per heavy atom. The number of hydrogen-bond acceptors (Lipinski definition) is 4. The van der Waals surface area contributed by atoms with E-state index < -0.39 is 0 Å². The zero-order valence-corrected chi connectivity index (χ0v) is 14.7. The second-order valence-corrected chi connectivity index (χ2v) is 7.60. The minimum absolute atomic E-state index is 0.172. The second kappa shape index (κ2) is 7.95. The van der Waals surface area contributed by atoms with Crippen molar-refractivity contribution >= 4 is 5.91 Å². The van der Waals surface area contributed by atoms with Gasteiger partial charge in [-0.2, -0.15) is 0 Å². The molecule has 3 fully saturated rings. The third-order valence-electron chi connectivity index (χ3n) is 5.89. The Balaban J connectivity index is 1.46. The molecular formula is C18H32N2O3. The van der Waals surface area contributed by atoms with Crippen LogP contribution in [-0.2, 0) is 14.3 Å². The maximum absolute atomic E-state index is 12.5. The smallest absolute Gasteiger partial charge is 0.248 e. The van der Waals surface area contributed by atoms with Crippen LogP contribution in [0.15, 0.2) is 0 Å². The van der Waals surface area contributed by atoms with Crippen LogP contribution in [0.4, 0.5) is 0 Å². The summed E-state index contributed by atoms with van der Waals surface area (Å²) in [6, 6.07) is 0.483. The molecule has 5 heteroatoms. The van der Waals surface area contributed by atoms with Gasteiger partial charge >= 0.3 is 0 Å². The third kappa shape index (κ3) is 4.25. The lowest BCUT2D eigenvalue weighted by molar-refractivity contribution is -0.139. The molecule has 132 valence electrons. The summed E-state index contributed by atoms with van der Waals surface area (Å²) in [4.78, 5) is 17.0. The molecule has 23 heavy (non-hydrogen) atoms. The van der Waals surface area contributed by atoms with Gasteiger partial charge in [0.25, 0.3) is 0 Å². The van der Waals surface area contributed by atoms with E-state index in [0.29, 0.717) is 17.9 Å². The molecule has 0 unspecified atom stereocenters. The van der Waals surface area contributed by atoms with Crippen LogP contribution < -0.4 is 0 Å². The number of carbonyl (C=O) groups excluding carboxylic acids is 1. The first-order valence-corrected chi connectivity index (χ1v) is 9.36. The van der Waals surface area contributed by atoms with Crippen molar-refractivity contribution in [1.29, 1.82) is 0 Å². The molecule has 0 N–H and O–H groups in total. The lowest BCUT2D eigenvalue weighted by atomic mass is 9.88. The number of morpholine rings is 1. The summed E-state index contributed by atoms with van der Waals surface area (Å²) in [5, 5.41) is 0. The summed E-state index contributed by atoms with van der Waals surface area (Å²) < 4.78 is 11.4. The molecule has 1 aliphatic carbocycles. The summed E-state index contributed by atoms with van der Waals surface area (Å²) in [5.74, 6) is 1.30. The van der Waals surface area contributed by atoms with Gasteiger partial charge in [0.05, 0.1) is 19.3 Å². The summed E-state index contributed by atoms with van der Waals surface area (Å²) >= 11 is 0. The summed E-state index contributed by atoms with van der Waals surface area (Å²) in [7, 11) is 0. The van der Waals surface area contributed by atoms with Crippen LogP contribution in [-0.4, -0.2) is 73.9 Å². The Morgan fingerprint density at radius 2 is 1.83 bits per heavy atom. The standard InChI is InChI=1S/C18H32N2O3/c1-14-5-3-4-6-17(14)23-13-18(21)20-11-15(2)16(12-20)19-7-9-22-10-8-19/h14-17H,3-13H2,1-2H3/t14-,15-,16+,17+/m1/s1. The summed E-state index contributed by atoms with van der Waals surface area (Å²) in [5.41, 5.74) is 0. The van der Waals surface area contributed by atoms with Gasteiger partial charge in [-0.1, -0.05) is 26.7 Å². The Morgan fingerprint density at radius 1 is 1.09 bits per heavy atom. The van der Waals surface area contributed by atoms with Crippen LogP contribution in [0.25, 0.3) is 0 Å². The van der Waals surface area contributed by atoms with Gasteiger partial charge < -0.3 is 14.4 Å². The average Bonchev–Trinajstić information content (AvgIpc) is 2.96. The van der Waals surface area contributed by atoms with Crippen molar-refractivity contribution in [3.8, 4) is 0 Å². The van der Waals surface area contributed by atoms with Crippen molar-refractivity contribution < 1.29 is 14.3 Å². The first kappa shape index (κ1) is 17.2. The van der Waals surface area contributed by atoms with E-state index in [-0.39, 0.29) is 18.6 Å². The first-order chi connectivity index (χ1) is 11.1. The second-order valence-electron chi connectivity index (χ2n) is 7.60. The van der Waals surface area contributed by atoms with Crippen LogP contribution in [0.3, 0.4) is 0 Å². The van der Waals surface area contributed by atoms with E-state index in [9.17, 15) is 4.79 Å². The number of hydrogen-bond donors (Lipinski definition) is 0. The molecule has 0 bridgehead atoms. The van der Waals surface area contributed by atoms with Crippen molar-refractivity contribution in [2.45, 2.75) is 51.7 Å². The Bertz CT molecular complexity index is 398. The van der Waals surface area contributed by atoms with E-state index in [4.69, 9.17) is 9.47 Å². The molecule has 2 heterocycles. The Hall–Kier alpha value is -0.650. The van der Waals surface area contributed by atoms with E-state index in [2.05, 4.69) is 18.7 Å². The summed E-state index contributed by atoms with van der Waals surface area (Å²) in [6.45, 7) is 10.1. The highest BCUT2D eigenvalue weighted by atomic mass is 16.5. The highest BCUT2D eigenvalue weighted by Crippen LogP contribution is 2.27. The van der Waals surface area contributed by atoms with Gasteiger partial charge in [-0.3, -0.25) is 9.69 Å². The van der Waals surface area contributed by atoms with Crippen molar-refractivity contribution in [2.24, 2.45) is 11.8 Å². The van der Waals surface area contributed by atoms with E-state index in [1.807, 2.05) is 4.90 Å². The lowest BCUT2D eigenvalue weighted by Gasteiger charge is -2.34. The van der Waals surface area contributed by atoms with Crippen LogP contribution in [0, 0.1) is 11.8 Å². The predicted octanol–water partition coefficient (Wildman–Crippen LogP) is 1.76. The molecule has 0 aromatic carbocycles. The fourth-order valence-corrected chi connectivity index (χ4v) is 4.34. The Kier molecular flexibility index (Phi) is 5.94. The third-order valence-corrected chi connectivity index (χ3v) is 5.89. The number of rotatable bonds is 4. The zero-order chi connectivity index (χ0) is 16.2. The van der Waals surface area contributed by atoms with E-state index in [1.165, 1.54) is 19.3 Å². The highest BCUT2D eigenvalue weighted by molar-refractivity contribution is 5.77. The fourth-order valence-electron chi connectivity index (χ4n) is 4.34. The zero-order valence-electron chi connectivity index (χ0n) is 14.7. The van der Waals surface area contributed by atoms with E-state index in [0.717, 1.165) is 45.8 Å². The number of amides is 1. The molecule has 0 aromatic rings. The Labute approximate surface area is 140 Å². The van der Waals surface area contributed by atoms with Crippen molar-refractivity contribution in [2.75, 3.05) is 46.0 Å². The van der Waals surface area contributed by atoms with Gasteiger partial charge in [-0.05, 0) is 24.7 Å². The van der Waals surface area contributed by atoms with Crippen LogP contribution in [0.1, 0.15) is 39.5 Å². The monoisotopic (exact) mass is 324 g/mol. The average molecular weight is 324 g/mol. The fraction of sp³-hybridized carbons (Fsp3) is 0.944. The minimum atomic E-state index is 0.172. The molecule has 2 aliphatic heterocycles. The topological polar surface area (TPSA) is 42.0 Å². The molecule has 3 rings (SSSR count).